The lowest BCUT2D eigenvalue weighted by molar-refractivity contribution is 0.174. The molecule has 0 amide bonds. The second kappa shape index (κ2) is 12.0. The Morgan fingerprint density at radius 3 is 2.14 bits per heavy atom. The summed E-state index contributed by atoms with van der Waals surface area (Å²) >= 11 is 0. The van der Waals surface area contributed by atoms with Gasteiger partial charge in [0, 0.05) is 18.8 Å². The van der Waals surface area contributed by atoms with Crippen LogP contribution in [0.25, 0.3) is 0 Å². The van der Waals surface area contributed by atoms with Gasteiger partial charge in [0.25, 0.3) is 0 Å². The molecule has 0 atom stereocenters. The molecule has 0 spiro atoms. The van der Waals surface area contributed by atoms with Crippen LogP contribution in [0.15, 0.2) is 89.5 Å². The molecule has 0 radical (unpaired) electrons. The summed E-state index contributed by atoms with van der Waals surface area (Å²) in [6, 6.07) is 29.9. The highest BCUT2D eigenvalue weighted by Crippen LogP contribution is 2.29. The van der Waals surface area contributed by atoms with Crippen molar-refractivity contribution in [1.82, 2.24) is 15.0 Å². The average Bonchev–Trinajstić information content (AvgIpc) is 3.38. The number of likely N-dealkylation sites (tertiary alicyclic amines) is 1. The van der Waals surface area contributed by atoms with Gasteiger partial charge >= 0.3 is 0 Å². The first-order chi connectivity index (χ1) is 17.8. The Kier molecular flexibility index (Phi) is 8.09. The van der Waals surface area contributed by atoms with Gasteiger partial charge in [-0.1, -0.05) is 78.0 Å². The zero-order chi connectivity index (χ0) is 24.6. The number of hydrogen-bond donors (Lipinski definition) is 0. The third-order valence-electron chi connectivity index (χ3n) is 7.34. The van der Waals surface area contributed by atoms with Crippen molar-refractivity contribution < 1.29 is 9.26 Å². The van der Waals surface area contributed by atoms with Crippen molar-refractivity contribution in [1.29, 1.82) is 0 Å². The standard InChI is InChI=1S/C31H35N3O2/c1-35-28-14-12-24(13-15-28)22-30-32-31(36-33-30)23-25-16-19-34(20-17-25)21-18-29(26-8-4-2-5-9-26)27-10-6-3-7-11-27/h2-15,25,29H,16-23H2,1H3. The molecule has 4 aromatic rings. The van der Waals surface area contributed by atoms with Crippen molar-refractivity contribution in [2.45, 2.75) is 38.0 Å². The molecule has 1 aliphatic rings. The Labute approximate surface area is 214 Å². The second-order valence-electron chi connectivity index (χ2n) is 9.78. The van der Waals surface area contributed by atoms with Gasteiger partial charge in [-0.2, -0.15) is 4.98 Å². The van der Waals surface area contributed by atoms with Gasteiger partial charge in [-0.25, -0.2) is 0 Å². The zero-order valence-corrected chi connectivity index (χ0v) is 21.1. The summed E-state index contributed by atoms with van der Waals surface area (Å²) in [7, 11) is 1.68. The van der Waals surface area contributed by atoms with Crippen molar-refractivity contribution in [3.8, 4) is 5.75 Å². The zero-order valence-electron chi connectivity index (χ0n) is 21.1. The van der Waals surface area contributed by atoms with E-state index in [4.69, 9.17) is 9.26 Å². The first-order valence-corrected chi connectivity index (χ1v) is 13.0. The minimum Gasteiger partial charge on any atom is -0.497 e. The monoisotopic (exact) mass is 481 g/mol. The van der Waals surface area contributed by atoms with E-state index in [1.807, 2.05) is 24.3 Å². The molecule has 1 aliphatic heterocycles. The van der Waals surface area contributed by atoms with Crippen LogP contribution in [-0.2, 0) is 12.8 Å². The van der Waals surface area contributed by atoms with Crippen molar-refractivity contribution in [3.63, 3.8) is 0 Å². The summed E-state index contributed by atoms with van der Waals surface area (Å²) in [5.41, 5.74) is 3.96. The van der Waals surface area contributed by atoms with Gasteiger partial charge in [-0.05, 0) is 73.6 Å². The predicted molar refractivity (Wildman–Crippen MR) is 142 cm³/mol. The van der Waals surface area contributed by atoms with Crippen molar-refractivity contribution in [3.05, 3.63) is 113 Å². The summed E-state index contributed by atoms with van der Waals surface area (Å²) in [6.45, 7) is 3.38. The van der Waals surface area contributed by atoms with E-state index in [9.17, 15) is 0 Å². The normalized spacial score (nSPS) is 14.8. The Bertz CT molecular complexity index is 1140. The lowest BCUT2D eigenvalue weighted by Crippen LogP contribution is -2.35. The number of benzene rings is 3. The van der Waals surface area contributed by atoms with Gasteiger partial charge in [-0.15, -0.1) is 0 Å². The third-order valence-corrected chi connectivity index (χ3v) is 7.34. The SMILES string of the molecule is COc1ccc(Cc2noc(CC3CCN(CCC(c4ccccc4)c4ccccc4)CC3)n2)cc1. The highest BCUT2D eigenvalue weighted by molar-refractivity contribution is 5.32. The van der Waals surface area contributed by atoms with Crippen molar-refractivity contribution >= 4 is 0 Å². The third kappa shape index (κ3) is 6.41. The van der Waals surface area contributed by atoms with E-state index in [0.717, 1.165) is 55.5 Å². The molecule has 0 N–H and O–H groups in total. The van der Waals surface area contributed by atoms with Crippen LogP contribution in [-0.4, -0.2) is 41.8 Å². The molecule has 0 aliphatic carbocycles. The fourth-order valence-corrected chi connectivity index (χ4v) is 5.24. The maximum atomic E-state index is 5.59. The minimum absolute atomic E-state index is 0.438. The van der Waals surface area contributed by atoms with Crippen molar-refractivity contribution in [2.75, 3.05) is 26.7 Å². The maximum Gasteiger partial charge on any atom is 0.226 e. The van der Waals surface area contributed by atoms with Gasteiger partial charge in [-0.3, -0.25) is 0 Å². The molecule has 5 rings (SSSR count). The Morgan fingerprint density at radius 2 is 1.53 bits per heavy atom. The molecule has 36 heavy (non-hydrogen) atoms. The van der Waals surface area contributed by atoms with Gasteiger partial charge in [0.1, 0.15) is 5.75 Å². The summed E-state index contributed by atoms with van der Waals surface area (Å²) < 4.78 is 10.8. The van der Waals surface area contributed by atoms with E-state index < -0.39 is 0 Å². The van der Waals surface area contributed by atoms with Gasteiger partial charge < -0.3 is 14.2 Å². The van der Waals surface area contributed by atoms with Crippen LogP contribution >= 0.6 is 0 Å². The molecule has 1 fully saturated rings. The average molecular weight is 482 g/mol. The van der Waals surface area contributed by atoms with Gasteiger partial charge in [0.05, 0.1) is 7.11 Å². The number of hydrogen-bond acceptors (Lipinski definition) is 5. The molecule has 3 aromatic carbocycles. The molecular weight excluding hydrogens is 446 g/mol. The largest absolute Gasteiger partial charge is 0.497 e. The van der Waals surface area contributed by atoms with Crippen LogP contribution < -0.4 is 4.74 Å². The van der Waals surface area contributed by atoms with Crippen LogP contribution in [0, 0.1) is 5.92 Å². The lowest BCUT2D eigenvalue weighted by Gasteiger charge is -2.32. The van der Waals surface area contributed by atoms with Crippen LogP contribution in [0.5, 0.6) is 5.75 Å². The van der Waals surface area contributed by atoms with E-state index in [0.29, 0.717) is 18.3 Å². The molecule has 1 saturated heterocycles. The first kappa shape index (κ1) is 24.3. The minimum atomic E-state index is 0.438. The Balaban J connectivity index is 1.10. The fraction of sp³-hybridized carbons (Fsp3) is 0.355. The maximum absolute atomic E-state index is 5.59. The van der Waals surface area contributed by atoms with Crippen LogP contribution in [0.3, 0.4) is 0 Å². The van der Waals surface area contributed by atoms with Gasteiger partial charge in [0.15, 0.2) is 5.82 Å². The van der Waals surface area contributed by atoms with E-state index in [-0.39, 0.29) is 0 Å². The smallest absolute Gasteiger partial charge is 0.226 e. The topological polar surface area (TPSA) is 51.4 Å². The fourth-order valence-electron chi connectivity index (χ4n) is 5.24. The molecular formula is C31H35N3O2. The summed E-state index contributed by atoms with van der Waals surface area (Å²) in [5, 5.41) is 4.21. The molecule has 1 aromatic heterocycles. The number of nitrogens with zero attached hydrogens (tertiary/aromatic N) is 3. The molecule has 186 valence electrons. The summed E-state index contributed by atoms with van der Waals surface area (Å²) in [4.78, 5) is 7.29. The number of rotatable bonds is 10. The number of aromatic nitrogens is 2. The molecule has 0 saturated carbocycles. The number of piperidine rings is 1. The summed E-state index contributed by atoms with van der Waals surface area (Å²) in [6.07, 6.45) is 5.04. The predicted octanol–water partition coefficient (Wildman–Crippen LogP) is 6.15. The van der Waals surface area contributed by atoms with Crippen molar-refractivity contribution in [2.24, 2.45) is 5.92 Å². The first-order valence-electron chi connectivity index (χ1n) is 13.0. The van der Waals surface area contributed by atoms with Crippen LogP contribution in [0.2, 0.25) is 0 Å². The quantitative estimate of drug-likeness (QED) is 0.272. The molecule has 5 nitrogen and oxygen atoms in total. The highest BCUT2D eigenvalue weighted by Gasteiger charge is 2.23. The van der Waals surface area contributed by atoms with E-state index in [1.165, 1.54) is 24.0 Å². The van der Waals surface area contributed by atoms with E-state index >= 15 is 0 Å². The molecule has 0 unspecified atom stereocenters. The lowest BCUT2D eigenvalue weighted by atomic mass is 9.87. The summed E-state index contributed by atoms with van der Waals surface area (Å²) in [5.74, 6) is 3.42. The second-order valence-corrected chi connectivity index (χ2v) is 9.78. The molecule has 2 heterocycles. The highest BCUT2D eigenvalue weighted by atomic mass is 16.5. The van der Waals surface area contributed by atoms with E-state index in [1.54, 1.807) is 7.11 Å². The van der Waals surface area contributed by atoms with Crippen LogP contribution in [0.1, 0.15) is 53.6 Å². The van der Waals surface area contributed by atoms with Gasteiger partial charge in [0.2, 0.25) is 5.89 Å². The Morgan fingerprint density at radius 1 is 0.889 bits per heavy atom. The van der Waals surface area contributed by atoms with Crippen LogP contribution in [0.4, 0.5) is 0 Å². The number of ether oxygens (including phenoxy) is 1. The van der Waals surface area contributed by atoms with E-state index in [2.05, 4.69) is 75.7 Å². The number of methoxy groups -OCH3 is 1. The molecule has 5 heteroatoms. The Hall–Kier alpha value is -3.44. The molecule has 0 bridgehead atoms.